The minimum absolute atomic E-state index is 0.275. The molecule has 0 aliphatic rings. The average Bonchev–Trinajstić information content (AvgIpc) is 2.42. The summed E-state index contributed by atoms with van der Waals surface area (Å²) in [6.07, 6.45) is -0.615. The van der Waals surface area contributed by atoms with Crippen molar-refractivity contribution in [1.29, 1.82) is 0 Å². The van der Waals surface area contributed by atoms with Gasteiger partial charge in [-0.1, -0.05) is 26.0 Å². The van der Waals surface area contributed by atoms with Crippen molar-refractivity contribution >= 4 is 0 Å². The second-order valence-electron chi connectivity index (χ2n) is 4.83. The van der Waals surface area contributed by atoms with Crippen LogP contribution in [0.4, 0.5) is 0 Å². The number of benzene rings is 1. The van der Waals surface area contributed by atoms with Crippen molar-refractivity contribution in [1.82, 2.24) is 0 Å². The zero-order chi connectivity index (χ0) is 14.1. The van der Waals surface area contributed by atoms with Crippen LogP contribution in [0.5, 0.6) is 5.75 Å². The minimum Gasteiger partial charge on any atom is -0.497 e. The molecular formula is C15H24O4. The molecule has 1 atom stereocenters. The molecule has 4 heteroatoms. The highest BCUT2D eigenvalue weighted by Crippen LogP contribution is 2.17. The van der Waals surface area contributed by atoms with E-state index in [0.717, 1.165) is 17.9 Å². The van der Waals surface area contributed by atoms with Gasteiger partial charge in [-0.05, 0) is 23.6 Å². The SMILES string of the molecule is COc1ccc(C(O)COCCOCC(C)C)cc1. The van der Waals surface area contributed by atoms with Crippen LogP contribution in [0, 0.1) is 5.92 Å². The van der Waals surface area contributed by atoms with Crippen LogP contribution in [-0.2, 0) is 9.47 Å². The largest absolute Gasteiger partial charge is 0.497 e. The Morgan fingerprint density at radius 1 is 1.00 bits per heavy atom. The molecule has 1 aromatic rings. The summed E-state index contributed by atoms with van der Waals surface area (Å²) in [4.78, 5) is 0. The van der Waals surface area contributed by atoms with Gasteiger partial charge in [-0.3, -0.25) is 0 Å². The molecule has 0 saturated carbocycles. The van der Waals surface area contributed by atoms with Crippen LogP contribution in [0.15, 0.2) is 24.3 Å². The summed E-state index contributed by atoms with van der Waals surface area (Å²) in [7, 11) is 1.62. The monoisotopic (exact) mass is 268 g/mol. The van der Waals surface area contributed by atoms with E-state index in [1.165, 1.54) is 0 Å². The first-order valence-corrected chi connectivity index (χ1v) is 6.61. The Balaban J connectivity index is 2.17. The minimum atomic E-state index is -0.615. The van der Waals surface area contributed by atoms with E-state index in [-0.39, 0.29) is 6.61 Å². The summed E-state index contributed by atoms with van der Waals surface area (Å²) in [6.45, 7) is 6.29. The molecule has 4 nitrogen and oxygen atoms in total. The van der Waals surface area contributed by atoms with Crippen LogP contribution in [0.25, 0.3) is 0 Å². The number of aliphatic hydroxyl groups is 1. The summed E-state index contributed by atoms with van der Waals surface area (Å²) in [5, 5.41) is 9.92. The lowest BCUT2D eigenvalue weighted by Crippen LogP contribution is -2.12. The van der Waals surface area contributed by atoms with Crippen LogP contribution >= 0.6 is 0 Å². The van der Waals surface area contributed by atoms with Gasteiger partial charge in [-0.25, -0.2) is 0 Å². The Hall–Kier alpha value is -1.10. The van der Waals surface area contributed by atoms with E-state index in [1.54, 1.807) is 7.11 Å². The number of methoxy groups -OCH3 is 1. The number of hydrogen-bond donors (Lipinski definition) is 1. The lowest BCUT2D eigenvalue weighted by atomic mass is 10.1. The van der Waals surface area contributed by atoms with Gasteiger partial charge in [-0.15, -0.1) is 0 Å². The van der Waals surface area contributed by atoms with Crippen molar-refractivity contribution in [3.8, 4) is 5.75 Å². The second-order valence-corrected chi connectivity index (χ2v) is 4.83. The molecule has 1 unspecified atom stereocenters. The molecule has 0 heterocycles. The molecule has 0 fully saturated rings. The zero-order valence-electron chi connectivity index (χ0n) is 12.0. The molecule has 19 heavy (non-hydrogen) atoms. The lowest BCUT2D eigenvalue weighted by molar-refractivity contribution is -0.00123. The lowest BCUT2D eigenvalue weighted by Gasteiger charge is -2.12. The van der Waals surface area contributed by atoms with Crippen LogP contribution < -0.4 is 4.74 Å². The third kappa shape index (κ3) is 6.57. The van der Waals surface area contributed by atoms with Gasteiger partial charge in [0.05, 0.1) is 26.9 Å². The quantitative estimate of drug-likeness (QED) is 0.699. The van der Waals surface area contributed by atoms with Crippen molar-refractivity contribution < 1.29 is 19.3 Å². The molecule has 0 amide bonds. The summed E-state index contributed by atoms with van der Waals surface area (Å²) >= 11 is 0. The summed E-state index contributed by atoms with van der Waals surface area (Å²) in [5.41, 5.74) is 0.823. The fourth-order valence-electron chi connectivity index (χ4n) is 1.55. The van der Waals surface area contributed by atoms with Crippen LogP contribution in [0.2, 0.25) is 0 Å². The van der Waals surface area contributed by atoms with Gasteiger partial charge in [0.25, 0.3) is 0 Å². The first-order valence-electron chi connectivity index (χ1n) is 6.61. The highest BCUT2D eigenvalue weighted by molar-refractivity contribution is 5.28. The van der Waals surface area contributed by atoms with Gasteiger partial charge in [0.2, 0.25) is 0 Å². The van der Waals surface area contributed by atoms with Gasteiger partial charge in [-0.2, -0.15) is 0 Å². The molecule has 0 aromatic heterocycles. The highest BCUT2D eigenvalue weighted by atomic mass is 16.5. The van der Waals surface area contributed by atoms with Crippen molar-refractivity contribution in [3.05, 3.63) is 29.8 Å². The topological polar surface area (TPSA) is 47.9 Å². The number of hydrogen-bond acceptors (Lipinski definition) is 4. The molecule has 0 aliphatic carbocycles. The van der Waals surface area contributed by atoms with Gasteiger partial charge < -0.3 is 19.3 Å². The Morgan fingerprint density at radius 2 is 1.58 bits per heavy atom. The molecule has 0 spiro atoms. The van der Waals surface area contributed by atoms with Crippen molar-refractivity contribution in [2.45, 2.75) is 20.0 Å². The normalized spacial score (nSPS) is 12.7. The first kappa shape index (κ1) is 16.0. The maximum Gasteiger partial charge on any atom is 0.118 e. The maximum absolute atomic E-state index is 9.92. The number of aliphatic hydroxyl groups excluding tert-OH is 1. The predicted octanol–water partition coefficient (Wildman–Crippen LogP) is 2.42. The number of ether oxygens (including phenoxy) is 3. The van der Waals surface area contributed by atoms with Gasteiger partial charge >= 0.3 is 0 Å². The molecule has 0 radical (unpaired) electrons. The Bertz CT molecular complexity index is 335. The van der Waals surface area contributed by atoms with Gasteiger partial charge in [0.1, 0.15) is 11.9 Å². The third-order valence-electron chi connectivity index (χ3n) is 2.60. The fraction of sp³-hybridized carbons (Fsp3) is 0.600. The van der Waals surface area contributed by atoms with Crippen LogP contribution in [0.1, 0.15) is 25.5 Å². The fourth-order valence-corrected chi connectivity index (χ4v) is 1.55. The second kappa shape index (κ2) is 8.91. The Labute approximate surface area is 115 Å². The molecule has 1 N–H and O–H groups in total. The van der Waals surface area contributed by atoms with Crippen molar-refractivity contribution in [2.24, 2.45) is 5.92 Å². The van der Waals surface area contributed by atoms with E-state index in [9.17, 15) is 5.11 Å². The average molecular weight is 268 g/mol. The van der Waals surface area contributed by atoms with E-state index < -0.39 is 6.10 Å². The Morgan fingerprint density at radius 3 is 2.11 bits per heavy atom. The Kier molecular flexibility index (Phi) is 7.48. The zero-order valence-corrected chi connectivity index (χ0v) is 12.0. The van der Waals surface area contributed by atoms with Crippen LogP contribution in [-0.4, -0.2) is 38.6 Å². The third-order valence-corrected chi connectivity index (χ3v) is 2.60. The van der Waals surface area contributed by atoms with E-state index in [4.69, 9.17) is 14.2 Å². The van der Waals surface area contributed by atoms with Crippen molar-refractivity contribution in [3.63, 3.8) is 0 Å². The molecule has 0 bridgehead atoms. The molecule has 108 valence electrons. The molecule has 1 aromatic carbocycles. The molecular weight excluding hydrogens is 244 g/mol. The molecule has 0 saturated heterocycles. The van der Waals surface area contributed by atoms with Crippen molar-refractivity contribution in [2.75, 3.05) is 33.5 Å². The summed E-state index contributed by atoms with van der Waals surface area (Å²) in [6, 6.07) is 7.32. The van der Waals surface area contributed by atoms with E-state index in [1.807, 2.05) is 24.3 Å². The predicted molar refractivity (Wildman–Crippen MR) is 74.4 cm³/mol. The first-order chi connectivity index (χ1) is 9.13. The van der Waals surface area contributed by atoms with Crippen LogP contribution in [0.3, 0.4) is 0 Å². The molecule has 1 rings (SSSR count). The number of rotatable bonds is 9. The van der Waals surface area contributed by atoms with Gasteiger partial charge in [0.15, 0.2) is 0 Å². The summed E-state index contributed by atoms with van der Waals surface area (Å²) in [5.74, 6) is 1.31. The van der Waals surface area contributed by atoms with E-state index in [0.29, 0.717) is 19.1 Å². The molecule has 0 aliphatic heterocycles. The standard InChI is InChI=1S/C15H24O4/c1-12(2)10-18-8-9-19-11-15(16)13-4-6-14(17-3)7-5-13/h4-7,12,15-16H,8-11H2,1-3H3. The maximum atomic E-state index is 9.92. The van der Waals surface area contributed by atoms with E-state index >= 15 is 0 Å². The highest BCUT2D eigenvalue weighted by Gasteiger charge is 2.07. The van der Waals surface area contributed by atoms with Gasteiger partial charge in [0, 0.05) is 6.61 Å². The smallest absolute Gasteiger partial charge is 0.118 e. The summed E-state index contributed by atoms with van der Waals surface area (Å²) < 4.78 is 15.8. The van der Waals surface area contributed by atoms with E-state index in [2.05, 4.69) is 13.8 Å².